The van der Waals surface area contributed by atoms with Gasteiger partial charge in [0.05, 0.1) is 6.04 Å². The zero-order chi connectivity index (χ0) is 14.7. The summed E-state index contributed by atoms with van der Waals surface area (Å²) in [5.41, 5.74) is 5.81. The Labute approximate surface area is 135 Å². The van der Waals surface area contributed by atoms with Gasteiger partial charge in [0, 0.05) is 4.47 Å². The Morgan fingerprint density at radius 3 is 2.67 bits per heavy atom. The van der Waals surface area contributed by atoms with Crippen molar-refractivity contribution in [3.05, 3.63) is 69.2 Å². The minimum Gasteiger partial charge on any atom is -0.306 e. The van der Waals surface area contributed by atoms with Crippen LogP contribution in [0.25, 0.3) is 0 Å². The van der Waals surface area contributed by atoms with Crippen molar-refractivity contribution in [3.63, 3.8) is 0 Å². The van der Waals surface area contributed by atoms with Crippen molar-refractivity contribution >= 4 is 15.9 Å². The summed E-state index contributed by atoms with van der Waals surface area (Å²) in [4.78, 5) is 0. The summed E-state index contributed by atoms with van der Waals surface area (Å²) < 4.78 is 1.14. The van der Waals surface area contributed by atoms with Gasteiger partial charge in [-0.25, -0.2) is 0 Å². The molecule has 0 heterocycles. The van der Waals surface area contributed by atoms with E-state index < -0.39 is 0 Å². The summed E-state index contributed by atoms with van der Waals surface area (Å²) in [6.45, 7) is 3.25. The van der Waals surface area contributed by atoms with Crippen molar-refractivity contribution in [1.82, 2.24) is 5.32 Å². The van der Waals surface area contributed by atoms with Crippen LogP contribution >= 0.6 is 15.9 Å². The highest BCUT2D eigenvalue weighted by molar-refractivity contribution is 9.10. The molecule has 1 nitrogen and oxygen atoms in total. The van der Waals surface area contributed by atoms with Crippen LogP contribution in [0.15, 0.2) is 46.9 Å². The van der Waals surface area contributed by atoms with Gasteiger partial charge >= 0.3 is 0 Å². The zero-order valence-electron chi connectivity index (χ0n) is 12.5. The molecule has 3 rings (SSSR count). The van der Waals surface area contributed by atoms with E-state index in [1.54, 1.807) is 11.1 Å². The minimum atomic E-state index is 0.286. The van der Waals surface area contributed by atoms with Gasteiger partial charge in [0.15, 0.2) is 0 Å². The molecule has 2 heteroatoms. The number of rotatable bonds is 5. The van der Waals surface area contributed by atoms with Crippen LogP contribution in [0.2, 0.25) is 0 Å². The molecule has 0 saturated heterocycles. The van der Waals surface area contributed by atoms with Crippen LogP contribution in [0.4, 0.5) is 0 Å². The molecule has 0 aromatic heterocycles. The molecular formula is C19H22BrN. The average molecular weight is 344 g/mol. The van der Waals surface area contributed by atoms with Gasteiger partial charge in [-0.15, -0.1) is 0 Å². The van der Waals surface area contributed by atoms with Gasteiger partial charge in [0.1, 0.15) is 0 Å². The second-order valence-corrected chi connectivity index (χ2v) is 6.74. The van der Waals surface area contributed by atoms with Crippen LogP contribution in [0.3, 0.4) is 0 Å². The molecule has 1 N–H and O–H groups in total. The predicted octanol–water partition coefficient (Wildman–Crippen LogP) is 5.03. The van der Waals surface area contributed by atoms with E-state index in [1.807, 2.05) is 0 Å². The van der Waals surface area contributed by atoms with E-state index >= 15 is 0 Å². The molecule has 2 aromatic rings. The maximum Gasteiger partial charge on any atom is 0.0577 e. The molecule has 1 aliphatic carbocycles. The highest BCUT2D eigenvalue weighted by Crippen LogP contribution is 2.29. The number of halogens is 1. The van der Waals surface area contributed by atoms with Gasteiger partial charge in [0.25, 0.3) is 0 Å². The number of hydrogen-bond acceptors (Lipinski definition) is 1. The fourth-order valence-corrected chi connectivity index (χ4v) is 3.59. The molecule has 21 heavy (non-hydrogen) atoms. The first-order valence-corrected chi connectivity index (χ1v) is 8.68. The largest absolute Gasteiger partial charge is 0.306 e. The molecule has 0 fully saturated rings. The van der Waals surface area contributed by atoms with Crippen molar-refractivity contribution in [1.29, 1.82) is 0 Å². The first-order valence-electron chi connectivity index (χ1n) is 7.88. The molecule has 0 aliphatic heterocycles. The number of benzene rings is 2. The Morgan fingerprint density at radius 2 is 1.86 bits per heavy atom. The van der Waals surface area contributed by atoms with Gasteiger partial charge in [-0.3, -0.25) is 0 Å². The van der Waals surface area contributed by atoms with E-state index in [-0.39, 0.29) is 6.04 Å². The second kappa shape index (κ2) is 6.76. The van der Waals surface area contributed by atoms with Crippen LogP contribution in [0.1, 0.15) is 48.1 Å². The summed E-state index contributed by atoms with van der Waals surface area (Å²) in [5, 5.41) is 3.70. The second-order valence-electron chi connectivity index (χ2n) is 5.82. The fraction of sp³-hybridized carbons (Fsp3) is 0.368. The van der Waals surface area contributed by atoms with E-state index in [1.165, 1.54) is 30.4 Å². The third kappa shape index (κ3) is 3.38. The van der Waals surface area contributed by atoms with E-state index in [2.05, 4.69) is 70.6 Å². The lowest BCUT2D eigenvalue weighted by Crippen LogP contribution is -2.23. The normalized spacial score (nSPS) is 15.0. The van der Waals surface area contributed by atoms with E-state index in [9.17, 15) is 0 Å². The van der Waals surface area contributed by atoms with E-state index in [0.717, 1.165) is 17.4 Å². The molecule has 0 saturated carbocycles. The number of aryl methyl sites for hydroxylation is 2. The topological polar surface area (TPSA) is 12.0 Å². The Balaban J connectivity index is 1.95. The predicted molar refractivity (Wildman–Crippen MR) is 92.7 cm³/mol. The van der Waals surface area contributed by atoms with Crippen LogP contribution in [-0.2, 0) is 12.8 Å². The maximum atomic E-state index is 3.70. The lowest BCUT2D eigenvalue weighted by atomic mass is 9.95. The summed E-state index contributed by atoms with van der Waals surface area (Å²) in [7, 11) is 0. The van der Waals surface area contributed by atoms with Crippen LogP contribution in [0, 0.1) is 0 Å². The third-order valence-electron chi connectivity index (χ3n) is 4.24. The third-order valence-corrected chi connectivity index (χ3v) is 4.73. The van der Waals surface area contributed by atoms with Crippen molar-refractivity contribution in [2.45, 2.75) is 38.6 Å². The van der Waals surface area contributed by atoms with E-state index in [4.69, 9.17) is 0 Å². The van der Waals surface area contributed by atoms with Gasteiger partial charge in [-0.05, 0) is 66.6 Å². The standard InChI is InChI=1S/C19H22BrN/c1-2-11-21-19(16-7-4-8-18(20)13-16)17-10-9-14-5-3-6-15(14)12-17/h4,7-10,12-13,19,21H,2-3,5-6,11H2,1H3. The molecule has 0 radical (unpaired) electrons. The van der Waals surface area contributed by atoms with Crippen molar-refractivity contribution in [3.8, 4) is 0 Å². The van der Waals surface area contributed by atoms with Crippen LogP contribution < -0.4 is 5.32 Å². The van der Waals surface area contributed by atoms with Crippen molar-refractivity contribution < 1.29 is 0 Å². The zero-order valence-corrected chi connectivity index (χ0v) is 14.1. The van der Waals surface area contributed by atoms with Crippen molar-refractivity contribution in [2.24, 2.45) is 0 Å². The number of hydrogen-bond donors (Lipinski definition) is 1. The monoisotopic (exact) mass is 343 g/mol. The van der Waals surface area contributed by atoms with E-state index in [0.29, 0.717) is 0 Å². The molecule has 0 amide bonds. The molecule has 2 aromatic carbocycles. The SMILES string of the molecule is CCCNC(c1cccc(Br)c1)c1ccc2c(c1)CCC2. The fourth-order valence-electron chi connectivity index (χ4n) is 3.17. The lowest BCUT2D eigenvalue weighted by Gasteiger charge is -2.21. The molecular weight excluding hydrogens is 322 g/mol. The number of nitrogens with one attached hydrogen (secondary N) is 1. The molecule has 0 bridgehead atoms. The Kier molecular flexibility index (Phi) is 4.77. The maximum absolute atomic E-state index is 3.70. The van der Waals surface area contributed by atoms with Crippen molar-refractivity contribution in [2.75, 3.05) is 6.54 Å². The highest BCUT2D eigenvalue weighted by Gasteiger charge is 2.17. The summed E-state index contributed by atoms with van der Waals surface area (Å²) in [6, 6.07) is 16.0. The molecule has 1 atom stereocenters. The van der Waals surface area contributed by atoms with Crippen LogP contribution in [0.5, 0.6) is 0 Å². The molecule has 0 spiro atoms. The first-order chi connectivity index (χ1) is 10.3. The number of fused-ring (bicyclic) bond motifs is 1. The van der Waals surface area contributed by atoms with Gasteiger partial charge in [0.2, 0.25) is 0 Å². The Morgan fingerprint density at radius 1 is 1.05 bits per heavy atom. The van der Waals surface area contributed by atoms with Gasteiger partial charge in [-0.2, -0.15) is 0 Å². The lowest BCUT2D eigenvalue weighted by molar-refractivity contribution is 0.598. The first kappa shape index (κ1) is 14.8. The van der Waals surface area contributed by atoms with Gasteiger partial charge < -0.3 is 5.32 Å². The quantitative estimate of drug-likeness (QED) is 0.802. The summed E-state index contributed by atoms with van der Waals surface area (Å²) in [6.07, 6.45) is 4.94. The molecule has 110 valence electrons. The molecule has 1 aliphatic rings. The smallest absolute Gasteiger partial charge is 0.0577 e. The van der Waals surface area contributed by atoms with Crippen LogP contribution in [-0.4, -0.2) is 6.54 Å². The Hall–Kier alpha value is -1.12. The highest BCUT2D eigenvalue weighted by atomic mass is 79.9. The summed E-state index contributed by atoms with van der Waals surface area (Å²) >= 11 is 3.59. The summed E-state index contributed by atoms with van der Waals surface area (Å²) in [5.74, 6) is 0. The van der Waals surface area contributed by atoms with Gasteiger partial charge in [-0.1, -0.05) is 53.2 Å². The minimum absolute atomic E-state index is 0.286. The Bertz CT molecular complexity index is 621. The molecule has 1 unspecified atom stereocenters. The average Bonchev–Trinajstić information content (AvgIpc) is 2.95.